The molecule has 0 radical (unpaired) electrons. The zero-order chi connectivity index (χ0) is 16.1. The van der Waals surface area contributed by atoms with Crippen molar-refractivity contribution in [1.82, 2.24) is 0 Å². The lowest BCUT2D eigenvalue weighted by Gasteiger charge is -2.06. The highest BCUT2D eigenvalue weighted by Gasteiger charge is 2.17. The molecule has 0 bridgehead atoms. The average Bonchev–Trinajstić information content (AvgIpc) is 3.04. The summed E-state index contributed by atoms with van der Waals surface area (Å²) in [6, 6.07) is 26.9. The number of benzene rings is 4. The van der Waals surface area contributed by atoms with Crippen molar-refractivity contribution in [3.8, 4) is 11.1 Å². The Bertz CT molecular complexity index is 1200. The molecule has 0 saturated carbocycles. The van der Waals surface area contributed by atoms with Gasteiger partial charge in [-0.1, -0.05) is 78.3 Å². The zero-order valence-electron chi connectivity index (χ0n) is 12.8. The summed E-state index contributed by atoms with van der Waals surface area (Å²) in [4.78, 5) is 0. The molecular weight excluding hydrogens is 316 g/mol. The topological polar surface area (TPSA) is 13.1 Å². The van der Waals surface area contributed by atoms with Gasteiger partial charge in [0.1, 0.15) is 5.58 Å². The highest BCUT2D eigenvalue weighted by atomic mass is 35.5. The Kier molecular flexibility index (Phi) is 2.91. The van der Waals surface area contributed by atoms with Crippen LogP contribution in [0.25, 0.3) is 43.8 Å². The Labute approximate surface area is 144 Å². The fourth-order valence-corrected chi connectivity index (χ4v) is 3.66. The van der Waals surface area contributed by atoms with Crippen LogP contribution in [0.15, 0.2) is 83.3 Å². The Morgan fingerprint density at radius 1 is 0.667 bits per heavy atom. The third-order valence-corrected chi connectivity index (χ3v) is 4.84. The monoisotopic (exact) mass is 328 g/mol. The third kappa shape index (κ3) is 1.88. The summed E-state index contributed by atoms with van der Waals surface area (Å²) in [6.45, 7) is 0. The minimum absolute atomic E-state index is 0.643. The Morgan fingerprint density at radius 3 is 2.33 bits per heavy atom. The lowest BCUT2D eigenvalue weighted by Crippen LogP contribution is -1.81. The summed E-state index contributed by atoms with van der Waals surface area (Å²) in [7, 11) is 0. The van der Waals surface area contributed by atoms with Gasteiger partial charge in [0.15, 0.2) is 5.58 Å². The van der Waals surface area contributed by atoms with Gasteiger partial charge in [0, 0.05) is 10.8 Å². The molecule has 5 aromatic rings. The van der Waals surface area contributed by atoms with Gasteiger partial charge in [-0.2, -0.15) is 0 Å². The molecule has 5 rings (SSSR count). The van der Waals surface area contributed by atoms with Crippen molar-refractivity contribution in [1.29, 1.82) is 0 Å². The molecule has 4 aromatic carbocycles. The largest absolute Gasteiger partial charge is 0.454 e. The van der Waals surface area contributed by atoms with E-state index in [9.17, 15) is 0 Å². The van der Waals surface area contributed by atoms with Crippen LogP contribution in [0.4, 0.5) is 0 Å². The van der Waals surface area contributed by atoms with Crippen molar-refractivity contribution in [2.45, 2.75) is 0 Å². The average molecular weight is 329 g/mol. The van der Waals surface area contributed by atoms with E-state index in [4.69, 9.17) is 16.0 Å². The van der Waals surface area contributed by atoms with Crippen LogP contribution in [-0.2, 0) is 0 Å². The van der Waals surface area contributed by atoms with Crippen LogP contribution in [0.2, 0.25) is 5.02 Å². The molecule has 114 valence electrons. The van der Waals surface area contributed by atoms with Crippen molar-refractivity contribution >= 4 is 44.3 Å². The second-order valence-corrected chi connectivity index (χ2v) is 6.33. The molecule has 0 N–H and O–H groups in total. The van der Waals surface area contributed by atoms with Crippen LogP contribution in [0.1, 0.15) is 0 Å². The van der Waals surface area contributed by atoms with Crippen molar-refractivity contribution in [3.05, 3.63) is 83.9 Å². The van der Waals surface area contributed by atoms with Gasteiger partial charge in [-0.3, -0.25) is 0 Å². The SMILES string of the molecule is Clc1ccc(-c2ccccc2)c2c1oc1ccc3ccccc3c12. The van der Waals surface area contributed by atoms with Gasteiger partial charge in [-0.25, -0.2) is 0 Å². The van der Waals surface area contributed by atoms with Crippen molar-refractivity contribution in [2.24, 2.45) is 0 Å². The fraction of sp³-hybridized carbons (Fsp3) is 0. The van der Waals surface area contributed by atoms with Crippen LogP contribution in [0, 0.1) is 0 Å². The molecule has 0 fully saturated rings. The maximum absolute atomic E-state index is 6.45. The Hall–Kier alpha value is -2.77. The van der Waals surface area contributed by atoms with Crippen LogP contribution < -0.4 is 0 Å². The van der Waals surface area contributed by atoms with E-state index in [1.165, 1.54) is 10.8 Å². The summed E-state index contributed by atoms with van der Waals surface area (Å²) in [5.74, 6) is 0. The number of furan rings is 1. The van der Waals surface area contributed by atoms with Crippen LogP contribution in [-0.4, -0.2) is 0 Å². The van der Waals surface area contributed by atoms with Gasteiger partial charge >= 0.3 is 0 Å². The predicted molar refractivity (Wildman–Crippen MR) is 102 cm³/mol. The molecule has 0 saturated heterocycles. The standard InChI is InChI=1S/C22H13ClO/c23-18-12-11-17(14-6-2-1-3-7-14)21-20-16-9-5-4-8-15(16)10-13-19(20)24-22(18)21/h1-13H. The number of hydrogen-bond donors (Lipinski definition) is 0. The maximum atomic E-state index is 6.45. The normalized spacial score (nSPS) is 11.5. The minimum atomic E-state index is 0.643. The number of fused-ring (bicyclic) bond motifs is 5. The van der Waals surface area contributed by atoms with Gasteiger partial charge in [0.25, 0.3) is 0 Å². The van der Waals surface area contributed by atoms with E-state index in [1.807, 2.05) is 18.2 Å². The third-order valence-electron chi connectivity index (χ3n) is 4.55. The molecule has 0 aliphatic carbocycles. The quantitative estimate of drug-likeness (QED) is 0.321. The highest BCUT2D eigenvalue weighted by Crippen LogP contribution is 2.42. The molecule has 24 heavy (non-hydrogen) atoms. The van der Waals surface area contributed by atoms with Gasteiger partial charge in [-0.15, -0.1) is 0 Å². The molecule has 0 amide bonds. The Morgan fingerprint density at radius 2 is 1.46 bits per heavy atom. The summed E-state index contributed by atoms with van der Waals surface area (Å²) >= 11 is 6.45. The van der Waals surface area contributed by atoms with E-state index < -0.39 is 0 Å². The molecule has 0 unspecified atom stereocenters. The van der Waals surface area contributed by atoms with E-state index >= 15 is 0 Å². The second kappa shape index (κ2) is 5.12. The molecule has 0 aliphatic rings. The smallest absolute Gasteiger partial charge is 0.154 e. The molecule has 0 aliphatic heterocycles. The van der Waals surface area contributed by atoms with Gasteiger partial charge in [0.05, 0.1) is 5.02 Å². The molecule has 1 heterocycles. The van der Waals surface area contributed by atoms with Crippen LogP contribution in [0.3, 0.4) is 0 Å². The first-order valence-electron chi connectivity index (χ1n) is 7.91. The van der Waals surface area contributed by atoms with Crippen molar-refractivity contribution in [3.63, 3.8) is 0 Å². The van der Waals surface area contributed by atoms with Crippen molar-refractivity contribution in [2.75, 3.05) is 0 Å². The molecular formula is C22H13ClO. The molecule has 1 aromatic heterocycles. The first kappa shape index (κ1) is 13.6. The van der Waals surface area contributed by atoms with Gasteiger partial charge < -0.3 is 4.42 Å². The maximum Gasteiger partial charge on any atom is 0.154 e. The van der Waals surface area contributed by atoms with Gasteiger partial charge in [0.2, 0.25) is 0 Å². The Balaban J connectivity index is 2.05. The van der Waals surface area contributed by atoms with Crippen LogP contribution in [0.5, 0.6) is 0 Å². The summed E-state index contributed by atoms with van der Waals surface area (Å²) < 4.78 is 6.12. The number of hydrogen-bond acceptors (Lipinski definition) is 1. The fourth-order valence-electron chi connectivity index (χ4n) is 3.47. The molecule has 1 nitrogen and oxygen atoms in total. The van der Waals surface area contributed by atoms with E-state index in [-0.39, 0.29) is 0 Å². The van der Waals surface area contributed by atoms with Crippen LogP contribution >= 0.6 is 11.6 Å². The van der Waals surface area contributed by atoms with Gasteiger partial charge in [-0.05, 0) is 34.0 Å². The molecule has 0 spiro atoms. The lowest BCUT2D eigenvalue weighted by atomic mass is 9.97. The zero-order valence-corrected chi connectivity index (χ0v) is 13.5. The first-order chi connectivity index (χ1) is 11.8. The number of halogens is 1. The summed E-state index contributed by atoms with van der Waals surface area (Å²) in [5, 5.41) is 5.25. The second-order valence-electron chi connectivity index (χ2n) is 5.93. The lowest BCUT2D eigenvalue weighted by molar-refractivity contribution is 0.669. The number of rotatable bonds is 1. The van der Waals surface area contributed by atoms with E-state index in [0.29, 0.717) is 5.02 Å². The summed E-state index contributed by atoms with van der Waals surface area (Å²) in [5.41, 5.74) is 3.93. The minimum Gasteiger partial charge on any atom is -0.454 e. The molecule has 2 heteroatoms. The summed E-state index contributed by atoms with van der Waals surface area (Å²) in [6.07, 6.45) is 0. The van der Waals surface area contributed by atoms with E-state index in [1.54, 1.807) is 0 Å². The predicted octanol–water partition coefficient (Wildman–Crippen LogP) is 7.06. The van der Waals surface area contributed by atoms with Crippen molar-refractivity contribution < 1.29 is 4.42 Å². The van der Waals surface area contributed by atoms with E-state index in [0.717, 1.165) is 33.1 Å². The highest BCUT2D eigenvalue weighted by molar-refractivity contribution is 6.37. The first-order valence-corrected chi connectivity index (χ1v) is 8.28. The van der Waals surface area contributed by atoms with E-state index in [2.05, 4.69) is 60.7 Å². The molecule has 0 atom stereocenters.